The molecule has 1 fully saturated rings. The van der Waals surface area contributed by atoms with Crippen LogP contribution in [0.4, 0.5) is 5.69 Å². The Balaban J connectivity index is 1.89. The van der Waals surface area contributed by atoms with Crippen molar-refractivity contribution in [3.63, 3.8) is 0 Å². The molecule has 2 aromatic carbocycles. The number of hydrogen-bond donors (Lipinski definition) is 1. The summed E-state index contributed by atoms with van der Waals surface area (Å²) in [6.45, 7) is 3.31. The molecular formula is C25H31Br2N3O4S. The molecule has 0 heterocycles. The van der Waals surface area contributed by atoms with Crippen LogP contribution in [0.1, 0.15) is 43.7 Å². The summed E-state index contributed by atoms with van der Waals surface area (Å²) in [5, 5.41) is 3.06. The van der Waals surface area contributed by atoms with Gasteiger partial charge in [-0.05, 0) is 68.1 Å². The van der Waals surface area contributed by atoms with E-state index in [2.05, 4.69) is 37.2 Å². The molecule has 0 aromatic heterocycles. The summed E-state index contributed by atoms with van der Waals surface area (Å²) in [5.41, 5.74) is 2.07. The molecule has 35 heavy (non-hydrogen) atoms. The van der Waals surface area contributed by atoms with Gasteiger partial charge in [-0.15, -0.1) is 0 Å². The first-order valence-electron chi connectivity index (χ1n) is 11.5. The third kappa shape index (κ3) is 7.54. The Hall–Kier alpha value is -1.91. The summed E-state index contributed by atoms with van der Waals surface area (Å²) in [6, 6.07) is 12.0. The minimum Gasteiger partial charge on any atom is -0.352 e. The zero-order chi connectivity index (χ0) is 25.8. The SMILES string of the molecule is Cc1cc(N(CC(=O)N(Cc2cccc(Br)c2)[C@@H](C)C(=O)NC2CCCC2)S(C)(=O)=O)ccc1Br. The van der Waals surface area contributed by atoms with E-state index in [1.165, 1.54) is 4.90 Å². The van der Waals surface area contributed by atoms with Gasteiger partial charge in [0, 0.05) is 21.5 Å². The zero-order valence-corrected chi connectivity index (χ0v) is 24.1. The zero-order valence-electron chi connectivity index (χ0n) is 20.1. The molecule has 7 nitrogen and oxygen atoms in total. The number of nitrogens with one attached hydrogen (secondary N) is 1. The second-order valence-corrected chi connectivity index (χ2v) is 12.7. The highest BCUT2D eigenvalue weighted by Crippen LogP contribution is 2.25. The Morgan fingerprint density at radius 1 is 1.11 bits per heavy atom. The van der Waals surface area contributed by atoms with E-state index < -0.39 is 28.5 Å². The van der Waals surface area contributed by atoms with Crippen molar-refractivity contribution in [3.05, 3.63) is 62.5 Å². The lowest BCUT2D eigenvalue weighted by Gasteiger charge is -2.32. The van der Waals surface area contributed by atoms with Crippen molar-refractivity contribution in [1.82, 2.24) is 10.2 Å². The number of aryl methyl sites for hydroxylation is 1. The van der Waals surface area contributed by atoms with Crippen LogP contribution in [0, 0.1) is 6.92 Å². The van der Waals surface area contributed by atoms with Crippen LogP contribution in [-0.4, -0.2) is 50.0 Å². The fraction of sp³-hybridized carbons (Fsp3) is 0.440. The molecule has 1 aliphatic carbocycles. The average Bonchev–Trinajstić information content (AvgIpc) is 3.29. The number of rotatable bonds is 9. The molecule has 0 radical (unpaired) electrons. The third-order valence-electron chi connectivity index (χ3n) is 6.22. The van der Waals surface area contributed by atoms with E-state index in [1.807, 2.05) is 31.2 Å². The van der Waals surface area contributed by atoms with Crippen LogP contribution in [0.3, 0.4) is 0 Å². The molecule has 3 rings (SSSR count). The third-order valence-corrected chi connectivity index (χ3v) is 8.74. The van der Waals surface area contributed by atoms with E-state index in [0.29, 0.717) is 5.69 Å². The highest BCUT2D eigenvalue weighted by Gasteiger charge is 2.31. The van der Waals surface area contributed by atoms with Gasteiger partial charge in [0.25, 0.3) is 0 Å². The summed E-state index contributed by atoms with van der Waals surface area (Å²) in [7, 11) is -3.76. The van der Waals surface area contributed by atoms with Crippen molar-refractivity contribution in [3.8, 4) is 0 Å². The summed E-state index contributed by atoms with van der Waals surface area (Å²) < 4.78 is 28.1. The number of sulfonamides is 1. The first-order valence-corrected chi connectivity index (χ1v) is 15.0. The number of anilines is 1. The molecule has 1 N–H and O–H groups in total. The fourth-order valence-corrected chi connectivity index (χ4v) is 5.74. The molecule has 1 atom stereocenters. The first kappa shape index (κ1) is 27.7. The Morgan fingerprint density at radius 3 is 2.40 bits per heavy atom. The van der Waals surface area contributed by atoms with Crippen molar-refractivity contribution in [2.45, 2.75) is 58.2 Å². The van der Waals surface area contributed by atoms with Crippen molar-refractivity contribution >= 4 is 59.4 Å². The second kappa shape index (κ2) is 11.9. The van der Waals surface area contributed by atoms with Gasteiger partial charge in [0.1, 0.15) is 12.6 Å². The monoisotopic (exact) mass is 627 g/mol. The Bertz CT molecular complexity index is 1180. The minimum atomic E-state index is -3.76. The van der Waals surface area contributed by atoms with Crippen LogP contribution >= 0.6 is 31.9 Å². The van der Waals surface area contributed by atoms with Crippen LogP contribution in [0.25, 0.3) is 0 Å². The van der Waals surface area contributed by atoms with Gasteiger partial charge < -0.3 is 10.2 Å². The number of carbonyl (C=O) groups is 2. The molecule has 190 valence electrons. The van der Waals surface area contributed by atoms with Gasteiger partial charge in [0.15, 0.2) is 0 Å². The van der Waals surface area contributed by atoms with Crippen LogP contribution in [0.2, 0.25) is 0 Å². The maximum absolute atomic E-state index is 13.6. The number of halogens is 2. The molecule has 0 bridgehead atoms. The normalized spacial score (nSPS) is 15.0. The molecule has 2 aromatic rings. The number of hydrogen-bond acceptors (Lipinski definition) is 4. The van der Waals surface area contributed by atoms with Crippen LogP contribution in [0.5, 0.6) is 0 Å². The molecule has 1 aliphatic rings. The van der Waals surface area contributed by atoms with Crippen LogP contribution in [-0.2, 0) is 26.2 Å². The summed E-state index contributed by atoms with van der Waals surface area (Å²) in [4.78, 5) is 28.2. The smallest absolute Gasteiger partial charge is 0.244 e. The molecule has 0 aliphatic heterocycles. The second-order valence-electron chi connectivity index (χ2n) is 9.02. The fourth-order valence-electron chi connectivity index (χ4n) is 4.20. The van der Waals surface area contributed by atoms with Crippen molar-refractivity contribution < 1.29 is 18.0 Å². The van der Waals surface area contributed by atoms with E-state index in [1.54, 1.807) is 25.1 Å². The molecule has 0 unspecified atom stereocenters. The van der Waals surface area contributed by atoms with Crippen molar-refractivity contribution in [2.75, 3.05) is 17.1 Å². The quantitative estimate of drug-likeness (QED) is 0.434. The summed E-state index contributed by atoms with van der Waals surface area (Å²) in [5.74, 6) is -0.685. The topological polar surface area (TPSA) is 86.8 Å². The van der Waals surface area contributed by atoms with E-state index in [-0.39, 0.29) is 18.5 Å². The minimum absolute atomic E-state index is 0.117. The number of benzene rings is 2. The highest BCUT2D eigenvalue weighted by molar-refractivity contribution is 9.10. The van der Waals surface area contributed by atoms with Crippen molar-refractivity contribution in [2.24, 2.45) is 0 Å². The predicted octanol–water partition coefficient (Wildman–Crippen LogP) is 4.76. The first-order chi connectivity index (χ1) is 16.5. The van der Waals surface area contributed by atoms with Gasteiger partial charge in [0.05, 0.1) is 11.9 Å². The molecule has 0 saturated heterocycles. The lowest BCUT2D eigenvalue weighted by molar-refractivity contribution is -0.139. The van der Waals surface area contributed by atoms with E-state index >= 15 is 0 Å². The van der Waals surface area contributed by atoms with E-state index in [4.69, 9.17) is 0 Å². The predicted molar refractivity (Wildman–Crippen MR) is 146 cm³/mol. The van der Waals surface area contributed by atoms with Gasteiger partial charge in [0.2, 0.25) is 21.8 Å². The Morgan fingerprint density at radius 2 is 1.80 bits per heavy atom. The lowest BCUT2D eigenvalue weighted by Crippen LogP contribution is -2.52. The van der Waals surface area contributed by atoms with Crippen molar-refractivity contribution in [1.29, 1.82) is 0 Å². The molecule has 1 saturated carbocycles. The van der Waals surface area contributed by atoms with E-state index in [0.717, 1.165) is 56.3 Å². The van der Waals surface area contributed by atoms with Gasteiger partial charge >= 0.3 is 0 Å². The van der Waals surface area contributed by atoms with Gasteiger partial charge in [-0.25, -0.2) is 8.42 Å². The van der Waals surface area contributed by atoms with Gasteiger partial charge in [-0.3, -0.25) is 13.9 Å². The largest absolute Gasteiger partial charge is 0.352 e. The van der Waals surface area contributed by atoms with Crippen LogP contribution in [0.15, 0.2) is 51.4 Å². The van der Waals surface area contributed by atoms with Crippen LogP contribution < -0.4 is 9.62 Å². The average molecular weight is 629 g/mol. The lowest BCUT2D eigenvalue weighted by atomic mass is 10.1. The highest BCUT2D eigenvalue weighted by atomic mass is 79.9. The molecule has 2 amide bonds. The van der Waals surface area contributed by atoms with E-state index in [9.17, 15) is 18.0 Å². The summed E-state index contributed by atoms with van der Waals surface area (Å²) in [6.07, 6.45) is 5.10. The molecule has 10 heteroatoms. The molecular weight excluding hydrogens is 598 g/mol. The Kier molecular flexibility index (Phi) is 9.40. The maximum atomic E-state index is 13.6. The van der Waals surface area contributed by atoms with Gasteiger partial charge in [-0.2, -0.15) is 0 Å². The number of carbonyl (C=O) groups excluding carboxylic acids is 2. The maximum Gasteiger partial charge on any atom is 0.244 e. The van der Waals surface area contributed by atoms with Gasteiger partial charge in [-0.1, -0.05) is 56.8 Å². The standard InChI is InChI=1S/C25H31Br2N3O4S/c1-17-13-22(11-12-23(17)27)30(35(3,33)34)16-24(31)29(15-19-7-6-8-20(26)14-19)18(2)25(32)28-21-9-4-5-10-21/h6-8,11-14,18,21H,4-5,9-10,15-16H2,1-3H3,(H,28,32)/t18-/m0/s1. The summed E-state index contributed by atoms with van der Waals surface area (Å²) >= 11 is 6.87. The Labute approximate surface area is 224 Å². The number of amides is 2. The molecule has 0 spiro atoms. The number of nitrogens with zero attached hydrogens (tertiary/aromatic N) is 2.